The molecule has 1 aromatic carbocycles. The third-order valence-electron chi connectivity index (χ3n) is 3.29. The lowest BCUT2D eigenvalue weighted by atomic mass is 10.1. The minimum atomic E-state index is -3.64. The average molecular weight is 308 g/mol. The van der Waals surface area contributed by atoms with Gasteiger partial charge in [-0.25, -0.2) is 18.1 Å². The quantitative estimate of drug-likeness (QED) is 0.839. The van der Waals surface area contributed by atoms with E-state index in [2.05, 4.69) is 9.71 Å². The number of imidazole rings is 1. The maximum Gasteiger partial charge on any atom is 0.259 e. The molecule has 0 saturated heterocycles. The van der Waals surface area contributed by atoms with Crippen LogP contribution >= 0.6 is 0 Å². The van der Waals surface area contributed by atoms with Crippen molar-refractivity contribution in [3.05, 3.63) is 47.9 Å². The molecular weight excluding hydrogens is 288 g/mol. The number of nitrogens with one attached hydrogen (secondary N) is 1. The average Bonchev–Trinajstić information content (AvgIpc) is 2.88. The fraction of sp³-hybridized carbons (Fsp3) is 0.357. The maximum atomic E-state index is 12.2. The monoisotopic (exact) mass is 308 g/mol. The van der Waals surface area contributed by atoms with E-state index in [4.69, 9.17) is 5.73 Å². The summed E-state index contributed by atoms with van der Waals surface area (Å²) in [5, 5.41) is 0.0297. The minimum Gasteiger partial charge on any atom is -0.334 e. The van der Waals surface area contributed by atoms with E-state index in [0.717, 1.165) is 5.56 Å². The molecule has 114 valence electrons. The van der Waals surface area contributed by atoms with Gasteiger partial charge in [0, 0.05) is 25.3 Å². The number of nitrogens with two attached hydrogens (primary N) is 1. The highest BCUT2D eigenvalue weighted by Crippen LogP contribution is 2.12. The number of aryl methyl sites for hydroxylation is 2. The second kappa shape index (κ2) is 6.38. The number of hydrogen-bond donors (Lipinski definition) is 2. The van der Waals surface area contributed by atoms with Crippen molar-refractivity contribution in [2.75, 3.05) is 6.54 Å². The molecule has 1 atom stereocenters. The van der Waals surface area contributed by atoms with E-state index in [0.29, 0.717) is 12.4 Å². The molecule has 1 heterocycles. The Labute approximate surface area is 125 Å². The Morgan fingerprint density at radius 2 is 2.00 bits per heavy atom. The van der Waals surface area contributed by atoms with Crippen LogP contribution in [0.1, 0.15) is 24.4 Å². The zero-order valence-electron chi connectivity index (χ0n) is 12.2. The molecule has 21 heavy (non-hydrogen) atoms. The van der Waals surface area contributed by atoms with Crippen LogP contribution < -0.4 is 10.5 Å². The fourth-order valence-corrected chi connectivity index (χ4v) is 3.09. The Bertz CT molecular complexity index is 695. The normalized spacial score (nSPS) is 13.3. The van der Waals surface area contributed by atoms with Gasteiger partial charge >= 0.3 is 0 Å². The minimum absolute atomic E-state index is 0.0297. The molecule has 1 unspecified atom stereocenters. The fourth-order valence-electron chi connectivity index (χ4n) is 2.02. The number of rotatable bonds is 6. The summed E-state index contributed by atoms with van der Waals surface area (Å²) in [5.41, 5.74) is 6.87. The second-order valence-electron chi connectivity index (χ2n) is 4.78. The number of benzene rings is 1. The third-order valence-corrected chi connectivity index (χ3v) is 4.59. The lowest BCUT2D eigenvalue weighted by Crippen LogP contribution is -2.32. The van der Waals surface area contributed by atoms with Gasteiger partial charge in [0.25, 0.3) is 10.0 Å². The van der Waals surface area contributed by atoms with E-state index in [1.165, 1.54) is 6.20 Å². The van der Waals surface area contributed by atoms with Gasteiger partial charge in [0.15, 0.2) is 5.03 Å². The first-order valence-electron chi connectivity index (χ1n) is 6.78. The maximum absolute atomic E-state index is 12.2. The zero-order valence-corrected chi connectivity index (χ0v) is 13.0. The van der Waals surface area contributed by atoms with E-state index >= 15 is 0 Å². The molecule has 0 aliphatic carbocycles. The molecular formula is C14H20N4O2S. The Balaban J connectivity index is 2.07. The van der Waals surface area contributed by atoms with Gasteiger partial charge in [-0.3, -0.25) is 0 Å². The Morgan fingerprint density at radius 3 is 2.57 bits per heavy atom. The molecule has 6 nitrogen and oxygen atoms in total. The van der Waals surface area contributed by atoms with Gasteiger partial charge in [0.05, 0.1) is 0 Å². The number of nitrogens with zero attached hydrogens (tertiary/aromatic N) is 2. The van der Waals surface area contributed by atoms with Gasteiger partial charge in [-0.2, -0.15) is 0 Å². The van der Waals surface area contributed by atoms with E-state index in [1.54, 1.807) is 11.5 Å². The first kappa shape index (κ1) is 15.7. The highest BCUT2D eigenvalue weighted by molar-refractivity contribution is 7.89. The molecule has 0 amide bonds. The first-order chi connectivity index (χ1) is 9.94. The van der Waals surface area contributed by atoms with Crippen LogP contribution in [0, 0.1) is 6.92 Å². The summed E-state index contributed by atoms with van der Waals surface area (Å²) in [6.45, 7) is 4.52. The standard InChI is InChI=1S/C14H20N4O2S/c1-3-18-10-14(17-11(18)2)21(19,20)16-9-13(15)12-7-5-4-6-8-12/h4-8,10,13,16H,3,9,15H2,1-2H3. The summed E-state index contributed by atoms with van der Waals surface area (Å²) in [4.78, 5) is 4.08. The largest absolute Gasteiger partial charge is 0.334 e. The molecule has 0 aliphatic rings. The summed E-state index contributed by atoms with van der Waals surface area (Å²) in [6, 6.07) is 8.98. The molecule has 0 aliphatic heterocycles. The number of hydrogen-bond acceptors (Lipinski definition) is 4. The van der Waals surface area contributed by atoms with Crippen molar-refractivity contribution in [3.63, 3.8) is 0 Å². The van der Waals surface area contributed by atoms with Crippen molar-refractivity contribution in [3.8, 4) is 0 Å². The molecule has 0 spiro atoms. The van der Waals surface area contributed by atoms with Crippen molar-refractivity contribution >= 4 is 10.0 Å². The van der Waals surface area contributed by atoms with Crippen LogP contribution in [0.2, 0.25) is 0 Å². The molecule has 0 saturated carbocycles. The number of sulfonamides is 1. The van der Waals surface area contributed by atoms with E-state index < -0.39 is 16.1 Å². The Hall–Kier alpha value is -1.70. The van der Waals surface area contributed by atoms with Crippen LogP contribution in [0.3, 0.4) is 0 Å². The van der Waals surface area contributed by atoms with Crippen LogP contribution in [0.15, 0.2) is 41.6 Å². The van der Waals surface area contributed by atoms with Crippen LogP contribution in [0.4, 0.5) is 0 Å². The van der Waals surface area contributed by atoms with Crippen molar-refractivity contribution in [1.82, 2.24) is 14.3 Å². The van der Waals surface area contributed by atoms with E-state index in [9.17, 15) is 8.42 Å². The predicted octanol–water partition coefficient (Wildman–Crippen LogP) is 1.19. The highest BCUT2D eigenvalue weighted by Gasteiger charge is 2.20. The summed E-state index contributed by atoms with van der Waals surface area (Å²) < 4.78 is 28.7. The van der Waals surface area contributed by atoms with Crippen molar-refractivity contribution in [1.29, 1.82) is 0 Å². The summed E-state index contributed by atoms with van der Waals surface area (Å²) in [7, 11) is -3.64. The molecule has 2 rings (SSSR count). The summed E-state index contributed by atoms with van der Waals surface area (Å²) in [5.74, 6) is 0.672. The molecule has 1 aromatic heterocycles. The van der Waals surface area contributed by atoms with Crippen molar-refractivity contribution in [2.24, 2.45) is 5.73 Å². The molecule has 7 heteroatoms. The van der Waals surface area contributed by atoms with Gasteiger partial charge < -0.3 is 10.3 Å². The summed E-state index contributed by atoms with van der Waals surface area (Å²) >= 11 is 0. The SMILES string of the molecule is CCn1cc(S(=O)(=O)NCC(N)c2ccccc2)nc1C. The highest BCUT2D eigenvalue weighted by atomic mass is 32.2. The second-order valence-corrected chi connectivity index (χ2v) is 6.50. The van der Waals surface area contributed by atoms with Crippen LogP contribution in [0.25, 0.3) is 0 Å². The topological polar surface area (TPSA) is 90.0 Å². The van der Waals surface area contributed by atoms with E-state index in [1.807, 2.05) is 37.3 Å². The van der Waals surface area contributed by atoms with Crippen LogP contribution in [-0.2, 0) is 16.6 Å². The zero-order chi connectivity index (χ0) is 15.5. The van der Waals surface area contributed by atoms with Gasteiger partial charge in [0.2, 0.25) is 0 Å². The first-order valence-corrected chi connectivity index (χ1v) is 8.26. The van der Waals surface area contributed by atoms with Crippen LogP contribution in [0.5, 0.6) is 0 Å². The molecule has 0 fully saturated rings. The molecule has 2 aromatic rings. The number of aromatic nitrogens is 2. The van der Waals surface area contributed by atoms with Crippen molar-refractivity contribution < 1.29 is 8.42 Å². The molecule has 0 bridgehead atoms. The lowest BCUT2D eigenvalue weighted by molar-refractivity contribution is 0.569. The molecule has 3 N–H and O–H groups in total. The Kier molecular flexibility index (Phi) is 4.76. The van der Waals surface area contributed by atoms with Gasteiger partial charge in [-0.15, -0.1) is 0 Å². The smallest absolute Gasteiger partial charge is 0.259 e. The van der Waals surface area contributed by atoms with Crippen molar-refractivity contribution in [2.45, 2.75) is 31.5 Å². The van der Waals surface area contributed by atoms with Gasteiger partial charge in [0.1, 0.15) is 5.82 Å². The van der Waals surface area contributed by atoms with E-state index in [-0.39, 0.29) is 11.6 Å². The molecule has 0 radical (unpaired) electrons. The lowest BCUT2D eigenvalue weighted by Gasteiger charge is -2.12. The predicted molar refractivity (Wildman–Crippen MR) is 81.2 cm³/mol. The van der Waals surface area contributed by atoms with Gasteiger partial charge in [-0.1, -0.05) is 30.3 Å². The van der Waals surface area contributed by atoms with Crippen LogP contribution in [-0.4, -0.2) is 24.5 Å². The third kappa shape index (κ3) is 3.69. The summed E-state index contributed by atoms with van der Waals surface area (Å²) in [6.07, 6.45) is 1.53. The van der Waals surface area contributed by atoms with Gasteiger partial charge in [-0.05, 0) is 19.4 Å². The Morgan fingerprint density at radius 1 is 1.33 bits per heavy atom.